The van der Waals surface area contributed by atoms with Crippen molar-refractivity contribution in [3.8, 4) is 0 Å². The topological polar surface area (TPSA) is 71.0 Å². The van der Waals surface area contributed by atoms with Gasteiger partial charge in [0.15, 0.2) is 0 Å². The second kappa shape index (κ2) is 9.79. The Morgan fingerprint density at radius 2 is 1.76 bits per heavy atom. The summed E-state index contributed by atoms with van der Waals surface area (Å²) in [6.07, 6.45) is 0. The van der Waals surface area contributed by atoms with E-state index in [9.17, 15) is 9.59 Å². The number of hydrogen-bond acceptors (Lipinski definition) is 5. The predicted molar refractivity (Wildman–Crippen MR) is 130 cm³/mol. The van der Waals surface area contributed by atoms with Gasteiger partial charge in [0.1, 0.15) is 5.92 Å². The minimum Gasteiger partial charge on any atom is -0.465 e. The summed E-state index contributed by atoms with van der Waals surface area (Å²) >= 11 is 0. The van der Waals surface area contributed by atoms with Gasteiger partial charge in [0, 0.05) is 12.2 Å². The molecule has 33 heavy (non-hydrogen) atoms. The first-order valence-corrected chi connectivity index (χ1v) is 10.9. The number of nitrogens with one attached hydrogen (secondary N) is 1. The Kier molecular flexibility index (Phi) is 6.66. The summed E-state index contributed by atoms with van der Waals surface area (Å²) in [7, 11) is 3.42. The lowest BCUT2D eigenvalue weighted by Gasteiger charge is -2.15. The van der Waals surface area contributed by atoms with Crippen LogP contribution in [0.1, 0.15) is 39.9 Å². The Labute approximate surface area is 193 Å². The van der Waals surface area contributed by atoms with Crippen LogP contribution in [0.2, 0.25) is 0 Å². The predicted octanol–water partition coefficient (Wildman–Crippen LogP) is 4.78. The first-order chi connectivity index (χ1) is 16.0. The molecule has 6 nitrogen and oxygen atoms in total. The molecule has 3 aromatic carbocycles. The van der Waals surface area contributed by atoms with E-state index < -0.39 is 11.9 Å². The zero-order valence-corrected chi connectivity index (χ0v) is 19.0. The molecule has 168 valence electrons. The number of ether oxygens (including phenoxy) is 1. The van der Waals surface area contributed by atoms with Crippen LogP contribution in [-0.2, 0) is 16.1 Å². The van der Waals surface area contributed by atoms with E-state index >= 15 is 0 Å². The number of fused-ring (bicyclic) bond motifs is 1. The summed E-state index contributed by atoms with van der Waals surface area (Å²) in [6.45, 7) is 3.97. The summed E-state index contributed by atoms with van der Waals surface area (Å²) in [5.74, 6) is -1.20. The Bertz CT molecular complexity index is 1190. The van der Waals surface area contributed by atoms with Crippen LogP contribution in [-0.4, -0.2) is 43.2 Å². The number of anilines is 1. The van der Waals surface area contributed by atoms with E-state index in [2.05, 4.69) is 36.3 Å². The molecule has 3 aromatic rings. The molecule has 1 unspecified atom stereocenters. The van der Waals surface area contributed by atoms with E-state index in [4.69, 9.17) is 9.73 Å². The van der Waals surface area contributed by atoms with Gasteiger partial charge in [0.05, 0.1) is 24.1 Å². The number of aliphatic imine (C=N–C) groups is 1. The molecule has 1 heterocycles. The van der Waals surface area contributed by atoms with E-state index in [1.807, 2.05) is 42.5 Å². The van der Waals surface area contributed by atoms with Crippen molar-refractivity contribution in [2.75, 3.05) is 26.0 Å². The highest BCUT2D eigenvalue weighted by Gasteiger charge is 2.35. The first kappa shape index (κ1) is 22.4. The van der Waals surface area contributed by atoms with Crippen LogP contribution in [0, 0.1) is 0 Å². The number of esters is 1. The highest BCUT2D eigenvalue weighted by molar-refractivity contribution is 6.24. The maximum atomic E-state index is 13.1. The molecule has 0 saturated carbocycles. The molecule has 0 fully saturated rings. The minimum absolute atomic E-state index is 0.171. The number of carbonyl (C=O) groups is 2. The number of benzene rings is 3. The van der Waals surface area contributed by atoms with Gasteiger partial charge in [-0.1, -0.05) is 55.5 Å². The molecule has 0 aliphatic carbocycles. The highest BCUT2D eigenvalue weighted by atomic mass is 16.5. The lowest BCUT2D eigenvalue weighted by molar-refractivity contribution is -0.115. The van der Waals surface area contributed by atoms with Gasteiger partial charge in [-0.05, 0) is 54.5 Å². The third kappa shape index (κ3) is 4.86. The van der Waals surface area contributed by atoms with E-state index in [1.165, 1.54) is 12.7 Å². The van der Waals surface area contributed by atoms with Crippen molar-refractivity contribution < 1.29 is 14.3 Å². The molecule has 6 heteroatoms. The van der Waals surface area contributed by atoms with Crippen LogP contribution < -0.4 is 5.32 Å². The average molecular weight is 442 g/mol. The van der Waals surface area contributed by atoms with Crippen molar-refractivity contribution >= 4 is 29.0 Å². The second-order valence-corrected chi connectivity index (χ2v) is 8.08. The van der Waals surface area contributed by atoms with Crippen LogP contribution in [0.3, 0.4) is 0 Å². The lowest BCUT2D eigenvalue weighted by Crippen LogP contribution is -2.22. The van der Waals surface area contributed by atoms with Crippen LogP contribution in [0.15, 0.2) is 77.8 Å². The van der Waals surface area contributed by atoms with Gasteiger partial charge in [0.2, 0.25) is 5.91 Å². The van der Waals surface area contributed by atoms with Gasteiger partial charge in [-0.3, -0.25) is 9.79 Å². The van der Waals surface area contributed by atoms with Crippen LogP contribution in [0.5, 0.6) is 0 Å². The number of carbonyl (C=O) groups excluding carboxylic acids is 2. The molecular weight excluding hydrogens is 414 g/mol. The van der Waals surface area contributed by atoms with Gasteiger partial charge in [-0.25, -0.2) is 4.79 Å². The van der Waals surface area contributed by atoms with E-state index in [0.717, 1.165) is 29.9 Å². The highest BCUT2D eigenvalue weighted by Crippen LogP contribution is 2.37. The fourth-order valence-corrected chi connectivity index (χ4v) is 3.92. The van der Waals surface area contributed by atoms with Gasteiger partial charge >= 0.3 is 5.97 Å². The largest absolute Gasteiger partial charge is 0.465 e. The van der Waals surface area contributed by atoms with Crippen molar-refractivity contribution in [3.63, 3.8) is 0 Å². The maximum absolute atomic E-state index is 13.1. The maximum Gasteiger partial charge on any atom is 0.337 e. The fraction of sp³-hybridized carbons (Fsp3) is 0.222. The fourth-order valence-electron chi connectivity index (χ4n) is 3.92. The molecule has 1 atom stereocenters. The quantitative estimate of drug-likeness (QED) is 0.423. The van der Waals surface area contributed by atoms with E-state index in [-0.39, 0.29) is 5.91 Å². The Hall–Kier alpha value is -3.77. The molecule has 0 spiro atoms. The number of amides is 1. The van der Waals surface area contributed by atoms with Crippen LogP contribution in [0.4, 0.5) is 11.4 Å². The summed E-state index contributed by atoms with van der Waals surface area (Å²) in [5.41, 5.74) is 5.31. The molecule has 0 radical (unpaired) electrons. The van der Waals surface area contributed by atoms with Crippen LogP contribution in [0.25, 0.3) is 0 Å². The number of hydrogen-bond donors (Lipinski definition) is 1. The summed E-state index contributed by atoms with van der Waals surface area (Å²) < 4.78 is 4.81. The van der Waals surface area contributed by atoms with E-state index in [1.54, 1.807) is 18.2 Å². The molecule has 1 aliphatic rings. The average Bonchev–Trinajstić information content (AvgIpc) is 3.18. The minimum atomic E-state index is -0.583. The van der Waals surface area contributed by atoms with Crippen molar-refractivity contribution in [2.45, 2.75) is 19.4 Å². The molecule has 1 N–H and O–H groups in total. The molecule has 4 rings (SSSR count). The summed E-state index contributed by atoms with van der Waals surface area (Å²) in [5, 5.41) is 2.91. The smallest absolute Gasteiger partial charge is 0.337 e. The standard InChI is InChI=1S/C27H27N3O3/c1-4-30(2)17-18-10-13-21(14-11-18)28-25(19-8-6-5-7-9-19)24-22-15-12-20(27(32)33-3)16-23(22)29-26(24)31/h5-16,24H,4,17H2,1-3H3,(H,29,31). The molecule has 0 saturated heterocycles. The van der Waals surface area contributed by atoms with Crippen molar-refractivity contribution in [3.05, 3.63) is 95.1 Å². The van der Waals surface area contributed by atoms with E-state index in [0.29, 0.717) is 17.0 Å². The van der Waals surface area contributed by atoms with Gasteiger partial charge < -0.3 is 15.0 Å². The van der Waals surface area contributed by atoms with Crippen molar-refractivity contribution in [1.29, 1.82) is 0 Å². The molecule has 1 aliphatic heterocycles. The molecule has 0 bridgehead atoms. The number of rotatable bonds is 7. The Morgan fingerprint density at radius 1 is 1.03 bits per heavy atom. The number of nitrogens with zero attached hydrogens (tertiary/aromatic N) is 2. The summed E-state index contributed by atoms with van der Waals surface area (Å²) in [6, 6.07) is 22.9. The Balaban J connectivity index is 1.74. The third-order valence-corrected chi connectivity index (χ3v) is 5.83. The SMILES string of the molecule is CCN(C)Cc1ccc(N=C(c2ccccc2)C2C(=O)Nc3cc(C(=O)OC)ccc32)cc1. The first-order valence-electron chi connectivity index (χ1n) is 10.9. The molecule has 1 amide bonds. The van der Waals surface area contributed by atoms with Crippen molar-refractivity contribution in [1.82, 2.24) is 4.90 Å². The van der Waals surface area contributed by atoms with Gasteiger partial charge in [-0.15, -0.1) is 0 Å². The number of methoxy groups -OCH3 is 1. The normalized spacial score (nSPS) is 15.3. The zero-order valence-electron chi connectivity index (χ0n) is 19.0. The monoisotopic (exact) mass is 441 g/mol. The van der Waals surface area contributed by atoms with Crippen LogP contribution >= 0.6 is 0 Å². The van der Waals surface area contributed by atoms with Gasteiger partial charge in [0.25, 0.3) is 0 Å². The zero-order chi connectivity index (χ0) is 23.4. The van der Waals surface area contributed by atoms with Gasteiger partial charge in [-0.2, -0.15) is 0 Å². The Morgan fingerprint density at radius 3 is 2.42 bits per heavy atom. The molecule has 0 aromatic heterocycles. The third-order valence-electron chi connectivity index (χ3n) is 5.83. The molecular formula is C27H27N3O3. The van der Waals surface area contributed by atoms with Crippen molar-refractivity contribution in [2.24, 2.45) is 4.99 Å². The second-order valence-electron chi connectivity index (χ2n) is 8.08. The lowest BCUT2D eigenvalue weighted by atomic mass is 9.90. The summed E-state index contributed by atoms with van der Waals surface area (Å²) in [4.78, 5) is 32.2.